The number of hydrogen-bond acceptors (Lipinski definition) is 7. The van der Waals surface area contributed by atoms with Crippen molar-refractivity contribution in [2.24, 2.45) is 5.92 Å². The van der Waals surface area contributed by atoms with Crippen LogP contribution in [0.1, 0.15) is 56.0 Å². The van der Waals surface area contributed by atoms with Crippen molar-refractivity contribution in [2.75, 3.05) is 52.3 Å². The zero-order chi connectivity index (χ0) is 27.7. The lowest BCUT2D eigenvalue weighted by Crippen LogP contribution is -2.47. The maximum Gasteiger partial charge on any atom is 0.258 e. The lowest BCUT2D eigenvalue weighted by molar-refractivity contribution is -0.0177. The van der Waals surface area contributed by atoms with Crippen molar-refractivity contribution in [1.29, 1.82) is 0 Å². The molecule has 38 heavy (non-hydrogen) atoms. The molecule has 0 unspecified atom stereocenters. The van der Waals surface area contributed by atoms with E-state index in [1.54, 1.807) is 4.90 Å². The molecular weight excluding hydrogens is 480 g/mol. The number of hydrogen-bond donors (Lipinski definition) is 1. The van der Waals surface area contributed by atoms with Gasteiger partial charge in [0.15, 0.2) is 0 Å². The fraction of sp³-hybridized carbons (Fsp3) is 0.600. The van der Waals surface area contributed by atoms with Crippen molar-refractivity contribution in [3.05, 3.63) is 53.9 Å². The van der Waals surface area contributed by atoms with Crippen molar-refractivity contribution in [1.82, 2.24) is 14.8 Å². The van der Waals surface area contributed by atoms with Gasteiger partial charge in [-0.1, -0.05) is 6.92 Å². The molecule has 0 fully saturated rings. The molecule has 1 aliphatic rings. The molecule has 0 saturated heterocycles. The highest BCUT2D eigenvalue weighted by Crippen LogP contribution is 2.29. The number of rotatable bonds is 7. The van der Waals surface area contributed by atoms with Gasteiger partial charge in [0.05, 0.1) is 30.4 Å². The van der Waals surface area contributed by atoms with Crippen LogP contribution in [0.5, 0.6) is 5.75 Å². The average Bonchev–Trinajstić information content (AvgIpc) is 2.90. The Labute approximate surface area is 228 Å². The van der Waals surface area contributed by atoms with E-state index in [4.69, 9.17) is 9.47 Å². The lowest BCUT2D eigenvalue weighted by Gasteiger charge is -2.36. The lowest BCUT2D eigenvalue weighted by atomic mass is 10.0. The second kappa shape index (κ2) is 14.5. The van der Waals surface area contributed by atoms with E-state index in [9.17, 15) is 9.90 Å². The van der Waals surface area contributed by atoms with Crippen LogP contribution in [-0.2, 0) is 11.3 Å². The molecule has 0 spiro atoms. The van der Waals surface area contributed by atoms with Gasteiger partial charge in [-0.15, -0.1) is 0 Å². The first kappa shape index (κ1) is 29.9. The summed E-state index contributed by atoms with van der Waals surface area (Å²) in [6.07, 6.45) is 6.36. The number of ether oxygens (including phenoxy) is 2. The summed E-state index contributed by atoms with van der Waals surface area (Å²) in [7, 11) is 6.01. The van der Waals surface area contributed by atoms with Gasteiger partial charge in [0.25, 0.3) is 5.91 Å². The standard InChI is InChI=1S/C30H46N4O4/c1-22-18-34(23(2)21-35)30(36)27-17-26(32(4)5)10-11-28(27)38-24(3)9-7-8-16-37-29(22)20-33(6)19-25-12-14-31-15-13-25/h10-15,17,22-24,29,35H,7-9,16,18-21H2,1-6H3/t22-,23-,24+,29-/m0/s1. The van der Waals surface area contributed by atoms with Crippen LogP contribution < -0.4 is 9.64 Å². The molecule has 0 radical (unpaired) electrons. The van der Waals surface area contributed by atoms with E-state index in [2.05, 4.69) is 23.9 Å². The minimum Gasteiger partial charge on any atom is -0.490 e. The third-order valence-electron chi connectivity index (χ3n) is 7.24. The molecule has 0 bridgehead atoms. The van der Waals surface area contributed by atoms with Gasteiger partial charge >= 0.3 is 0 Å². The summed E-state index contributed by atoms with van der Waals surface area (Å²) in [5, 5.41) is 10.1. The number of fused-ring (bicyclic) bond motifs is 1. The Morgan fingerprint density at radius 1 is 1.13 bits per heavy atom. The molecule has 4 atom stereocenters. The van der Waals surface area contributed by atoms with Crippen LogP contribution in [0.3, 0.4) is 0 Å². The predicted octanol–water partition coefficient (Wildman–Crippen LogP) is 4.08. The molecule has 3 rings (SSSR count). The first-order valence-electron chi connectivity index (χ1n) is 13.8. The van der Waals surface area contributed by atoms with Crippen LogP contribution in [0.2, 0.25) is 0 Å². The van der Waals surface area contributed by atoms with Crippen molar-refractivity contribution in [2.45, 2.75) is 64.8 Å². The number of aliphatic hydroxyl groups excluding tert-OH is 1. The average molecular weight is 527 g/mol. The number of carbonyl (C=O) groups is 1. The van der Waals surface area contributed by atoms with Crippen molar-refractivity contribution < 1.29 is 19.4 Å². The molecule has 2 aromatic rings. The van der Waals surface area contributed by atoms with Gasteiger partial charge < -0.3 is 24.4 Å². The van der Waals surface area contributed by atoms with Gasteiger partial charge in [0, 0.05) is 64.3 Å². The number of amides is 1. The summed E-state index contributed by atoms with van der Waals surface area (Å²) >= 11 is 0. The second-order valence-corrected chi connectivity index (χ2v) is 10.9. The summed E-state index contributed by atoms with van der Waals surface area (Å²) in [5.41, 5.74) is 2.65. The number of carbonyl (C=O) groups excluding carboxylic acids is 1. The third-order valence-corrected chi connectivity index (χ3v) is 7.24. The Hall–Kier alpha value is -2.68. The zero-order valence-electron chi connectivity index (χ0n) is 24.0. The third kappa shape index (κ3) is 8.41. The Balaban J connectivity index is 1.90. The normalized spacial score (nSPS) is 22.4. The number of nitrogens with zero attached hydrogens (tertiary/aromatic N) is 4. The van der Waals surface area contributed by atoms with E-state index in [0.29, 0.717) is 24.5 Å². The molecule has 210 valence electrons. The minimum absolute atomic E-state index is 0.0281. The van der Waals surface area contributed by atoms with Gasteiger partial charge in [-0.2, -0.15) is 0 Å². The zero-order valence-corrected chi connectivity index (χ0v) is 24.0. The molecule has 1 aliphatic heterocycles. The summed E-state index contributed by atoms with van der Waals surface area (Å²) in [6.45, 7) is 8.61. The van der Waals surface area contributed by atoms with Gasteiger partial charge in [-0.05, 0) is 76.1 Å². The number of pyridine rings is 1. The first-order valence-corrected chi connectivity index (χ1v) is 13.8. The van der Waals surface area contributed by atoms with Crippen LogP contribution in [-0.4, -0.2) is 91.5 Å². The number of aromatic nitrogens is 1. The van der Waals surface area contributed by atoms with E-state index in [0.717, 1.165) is 38.0 Å². The molecule has 1 amide bonds. The maximum atomic E-state index is 14.1. The molecule has 1 aromatic heterocycles. The minimum atomic E-state index is -0.346. The Bertz CT molecular complexity index is 1000. The monoisotopic (exact) mass is 526 g/mol. The number of anilines is 1. The summed E-state index contributed by atoms with van der Waals surface area (Å²) in [5.74, 6) is 0.513. The molecule has 2 heterocycles. The van der Waals surface area contributed by atoms with E-state index >= 15 is 0 Å². The van der Waals surface area contributed by atoms with Gasteiger partial charge in [0.2, 0.25) is 0 Å². The van der Waals surface area contributed by atoms with E-state index < -0.39 is 0 Å². The summed E-state index contributed by atoms with van der Waals surface area (Å²) < 4.78 is 12.7. The Kier molecular flexibility index (Phi) is 11.4. The Morgan fingerprint density at radius 2 is 1.87 bits per heavy atom. The maximum absolute atomic E-state index is 14.1. The van der Waals surface area contributed by atoms with Crippen LogP contribution in [0.15, 0.2) is 42.7 Å². The quantitative estimate of drug-likeness (QED) is 0.583. The van der Waals surface area contributed by atoms with Crippen molar-refractivity contribution in [3.8, 4) is 5.75 Å². The Morgan fingerprint density at radius 3 is 2.55 bits per heavy atom. The number of benzene rings is 1. The molecular formula is C30H46N4O4. The van der Waals surface area contributed by atoms with Crippen molar-refractivity contribution >= 4 is 11.6 Å². The summed E-state index contributed by atoms with van der Waals surface area (Å²) in [4.78, 5) is 24.2. The van der Waals surface area contributed by atoms with Crippen LogP contribution in [0.25, 0.3) is 0 Å². The second-order valence-electron chi connectivity index (χ2n) is 10.9. The largest absolute Gasteiger partial charge is 0.490 e. The first-order chi connectivity index (χ1) is 18.2. The number of aliphatic hydroxyl groups is 1. The highest BCUT2D eigenvalue weighted by atomic mass is 16.5. The fourth-order valence-corrected chi connectivity index (χ4v) is 4.82. The topological polar surface area (TPSA) is 78.4 Å². The molecule has 1 N–H and O–H groups in total. The van der Waals surface area contributed by atoms with E-state index in [1.807, 2.05) is 75.6 Å². The summed E-state index contributed by atoms with van der Waals surface area (Å²) in [6, 6.07) is 9.49. The van der Waals surface area contributed by atoms with Crippen LogP contribution >= 0.6 is 0 Å². The highest BCUT2D eigenvalue weighted by Gasteiger charge is 2.30. The molecule has 0 aliphatic carbocycles. The van der Waals surface area contributed by atoms with Crippen molar-refractivity contribution in [3.63, 3.8) is 0 Å². The molecule has 8 nitrogen and oxygen atoms in total. The molecule has 0 saturated carbocycles. The van der Waals surface area contributed by atoms with Crippen LogP contribution in [0.4, 0.5) is 5.69 Å². The molecule has 1 aromatic carbocycles. The van der Waals surface area contributed by atoms with Crippen LogP contribution in [0, 0.1) is 5.92 Å². The van der Waals surface area contributed by atoms with Gasteiger partial charge in [-0.25, -0.2) is 0 Å². The predicted molar refractivity (Wildman–Crippen MR) is 152 cm³/mol. The van der Waals surface area contributed by atoms with E-state index in [1.165, 1.54) is 5.56 Å². The smallest absolute Gasteiger partial charge is 0.258 e. The van der Waals surface area contributed by atoms with E-state index in [-0.39, 0.29) is 36.7 Å². The number of likely N-dealkylation sites (N-methyl/N-ethyl adjacent to an activating group) is 1. The fourth-order valence-electron chi connectivity index (χ4n) is 4.82. The molecule has 8 heteroatoms. The van der Waals surface area contributed by atoms with Gasteiger partial charge in [-0.3, -0.25) is 14.7 Å². The highest BCUT2D eigenvalue weighted by molar-refractivity contribution is 5.98. The van der Waals surface area contributed by atoms with Gasteiger partial charge in [0.1, 0.15) is 5.75 Å². The SMILES string of the molecule is C[C@@H]1CCCCO[C@@H](CN(C)Cc2ccncc2)[C@@H](C)CN([C@@H](C)CO)C(=O)c2cc(N(C)C)ccc2O1.